The predicted molar refractivity (Wildman–Crippen MR) is 127 cm³/mol. The smallest absolute Gasteiger partial charge is 0.236 e. The summed E-state index contributed by atoms with van der Waals surface area (Å²) in [6.45, 7) is 2.52. The Hall–Kier alpha value is -2.94. The Labute approximate surface area is 190 Å². The van der Waals surface area contributed by atoms with Crippen molar-refractivity contribution in [1.29, 1.82) is 0 Å². The minimum absolute atomic E-state index is 0.00644. The maximum absolute atomic E-state index is 14.0. The van der Waals surface area contributed by atoms with E-state index >= 15 is 0 Å². The number of imide groups is 1. The van der Waals surface area contributed by atoms with Crippen molar-refractivity contribution in [3.63, 3.8) is 0 Å². The number of allylic oxidation sites excluding steroid dienone is 3. The van der Waals surface area contributed by atoms with E-state index in [0.29, 0.717) is 6.54 Å². The normalized spacial score (nSPS) is 29.7. The molecule has 164 valence electrons. The maximum atomic E-state index is 14.0. The lowest BCUT2D eigenvalue weighted by atomic mass is 9.58. The summed E-state index contributed by atoms with van der Waals surface area (Å²) in [7, 11) is 0. The third kappa shape index (κ3) is 3.44. The molecule has 1 heterocycles. The molecular formula is C29H31NO2. The Balaban J connectivity index is 1.53. The van der Waals surface area contributed by atoms with Crippen molar-refractivity contribution < 1.29 is 9.59 Å². The fourth-order valence-corrected chi connectivity index (χ4v) is 6.04. The number of likely N-dealkylation sites (tertiary alicyclic amines) is 1. The van der Waals surface area contributed by atoms with Gasteiger partial charge in [-0.3, -0.25) is 14.5 Å². The number of amides is 2. The standard InChI is InChI=1S/C29H31NO2/c1-29-25(23-15-9-4-10-16-23)18-17-24(22-13-7-3-8-14-22)26(29)27(31)30(28(29)32)20-19-21-11-5-2-6-12-21/h3-4,7-11,13-18,24-26H,2,5-6,12,19-20H2,1H3/t24-,25-,26+,29+/m1/s1. The van der Waals surface area contributed by atoms with Crippen molar-refractivity contribution in [3.8, 4) is 0 Å². The van der Waals surface area contributed by atoms with Crippen LogP contribution in [0.25, 0.3) is 0 Å². The van der Waals surface area contributed by atoms with E-state index < -0.39 is 5.41 Å². The first-order chi connectivity index (χ1) is 15.6. The number of carbonyl (C=O) groups excluding carboxylic acids is 2. The molecule has 0 radical (unpaired) electrons. The number of fused-ring (bicyclic) bond motifs is 1. The Morgan fingerprint density at radius 2 is 1.59 bits per heavy atom. The molecule has 3 aliphatic rings. The van der Waals surface area contributed by atoms with E-state index in [1.807, 2.05) is 43.3 Å². The van der Waals surface area contributed by atoms with E-state index in [2.05, 4.69) is 42.5 Å². The van der Waals surface area contributed by atoms with Crippen LogP contribution in [0.4, 0.5) is 0 Å². The highest BCUT2D eigenvalue weighted by molar-refractivity contribution is 6.08. The average Bonchev–Trinajstić information content (AvgIpc) is 3.04. The van der Waals surface area contributed by atoms with Crippen molar-refractivity contribution in [1.82, 2.24) is 4.90 Å². The summed E-state index contributed by atoms with van der Waals surface area (Å²) in [5.74, 6) is -0.593. The zero-order valence-electron chi connectivity index (χ0n) is 18.7. The van der Waals surface area contributed by atoms with Gasteiger partial charge in [-0.1, -0.05) is 84.5 Å². The first-order valence-electron chi connectivity index (χ1n) is 11.9. The lowest BCUT2D eigenvalue weighted by Gasteiger charge is -2.41. The van der Waals surface area contributed by atoms with Crippen LogP contribution in [0, 0.1) is 11.3 Å². The average molecular weight is 426 g/mol. The highest BCUT2D eigenvalue weighted by Crippen LogP contribution is 2.57. The van der Waals surface area contributed by atoms with Crippen molar-refractivity contribution >= 4 is 11.8 Å². The molecule has 0 N–H and O–H groups in total. The molecule has 2 aliphatic carbocycles. The number of benzene rings is 2. The second-order valence-electron chi connectivity index (χ2n) is 9.62. The molecule has 0 saturated carbocycles. The molecule has 1 fully saturated rings. The van der Waals surface area contributed by atoms with Crippen LogP contribution in [0.5, 0.6) is 0 Å². The molecule has 2 aromatic rings. The van der Waals surface area contributed by atoms with Gasteiger partial charge in [0.1, 0.15) is 0 Å². The Morgan fingerprint density at radius 3 is 2.25 bits per heavy atom. The van der Waals surface area contributed by atoms with Gasteiger partial charge < -0.3 is 0 Å². The van der Waals surface area contributed by atoms with Gasteiger partial charge in [0, 0.05) is 18.4 Å². The Kier molecular flexibility index (Phi) is 5.58. The first kappa shape index (κ1) is 20.9. The van der Waals surface area contributed by atoms with Crippen molar-refractivity contribution in [2.45, 2.75) is 50.9 Å². The number of rotatable bonds is 5. The molecule has 1 saturated heterocycles. The number of carbonyl (C=O) groups is 2. The molecular weight excluding hydrogens is 394 g/mol. The molecule has 3 heteroatoms. The summed E-state index contributed by atoms with van der Waals surface area (Å²) in [6.07, 6.45) is 12.1. The minimum atomic E-state index is -0.783. The summed E-state index contributed by atoms with van der Waals surface area (Å²) in [6, 6.07) is 20.3. The highest BCUT2D eigenvalue weighted by atomic mass is 16.2. The number of hydrogen-bond acceptors (Lipinski definition) is 2. The quantitative estimate of drug-likeness (QED) is 0.435. The fourth-order valence-electron chi connectivity index (χ4n) is 6.04. The summed E-state index contributed by atoms with van der Waals surface area (Å²) < 4.78 is 0. The van der Waals surface area contributed by atoms with Crippen molar-refractivity contribution in [3.05, 3.63) is 95.6 Å². The zero-order chi connectivity index (χ0) is 22.1. The fraction of sp³-hybridized carbons (Fsp3) is 0.379. The molecule has 1 aliphatic heterocycles. The molecule has 4 atom stereocenters. The Bertz CT molecular complexity index is 1060. The largest absolute Gasteiger partial charge is 0.281 e. The van der Waals surface area contributed by atoms with Gasteiger partial charge >= 0.3 is 0 Å². The van der Waals surface area contributed by atoms with E-state index in [4.69, 9.17) is 0 Å². The highest BCUT2D eigenvalue weighted by Gasteiger charge is 2.62. The second-order valence-corrected chi connectivity index (χ2v) is 9.62. The van der Waals surface area contributed by atoms with E-state index in [-0.39, 0.29) is 29.6 Å². The molecule has 0 spiro atoms. The first-order valence-corrected chi connectivity index (χ1v) is 11.9. The third-order valence-electron chi connectivity index (χ3n) is 7.78. The zero-order valence-corrected chi connectivity index (χ0v) is 18.7. The third-order valence-corrected chi connectivity index (χ3v) is 7.78. The van der Waals surface area contributed by atoms with Gasteiger partial charge in [-0.05, 0) is 50.2 Å². The summed E-state index contributed by atoms with van der Waals surface area (Å²) in [4.78, 5) is 29.4. The molecule has 0 aromatic heterocycles. The molecule has 32 heavy (non-hydrogen) atoms. The SMILES string of the molecule is C[C@@]12C(=O)N(CCC3=CCCCC3)C(=O)[C@@H]1[C@@H](c1ccccc1)C=C[C@@H]2c1ccccc1. The summed E-state index contributed by atoms with van der Waals surface area (Å²) >= 11 is 0. The van der Waals surface area contributed by atoms with Gasteiger partial charge in [0.05, 0.1) is 11.3 Å². The van der Waals surface area contributed by atoms with Gasteiger partial charge in [-0.2, -0.15) is 0 Å². The lowest BCUT2D eigenvalue weighted by molar-refractivity contribution is -0.141. The molecule has 2 amide bonds. The van der Waals surface area contributed by atoms with Crippen LogP contribution in [0.2, 0.25) is 0 Å². The van der Waals surface area contributed by atoms with Crippen molar-refractivity contribution in [2.75, 3.05) is 6.54 Å². The maximum Gasteiger partial charge on any atom is 0.236 e. The van der Waals surface area contributed by atoms with E-state index in [0.717, 1.165) is 30.4 Å². The number of hydrogen-bond donors (Lipinski definition) is 0. The van der Waals surface area contributed by atoms with Gasteiger partial charge in [-0.25, -0.2) is 0 Å². The lowest BCUT2D eigenvalue weighted by Crippen LogP contribution is -2.42. The molecule has 2 aromatic carbocycles. The van der Waals surface area contributed by atoms with E-state index in [1.165, 1.54) is 18.4 Å². The van der Waals surface area contributed by atoms with Crippen LogP contribution in [0.1, 0.15) is 62.0 Å². The monoisotopic (exact) mass is 425 g/mol. The predicted octanol–water partition coefficient (Wildman–Crippen LogP) is 6.01. The van der Waals surface area contributed by atoms with Crippen LogP contribution >= 0.6 is 0 Å². The van der Waals surface area contributed by atoms with E-state index in [1.54, 1.807) is 4.90 Å². The van der Waals surface area contributed by atoms with Gasteiger partial charge in [0.2, 0.25) is 11.8 Å². The summed E-state index contributed by atoms with van der Waals surface area (Å²) in [5, 5.41) is 0. The minimum Gasteiger partial charge on any atom is -0.281 e. The molecule has 5 rings (SSSR count). The van der Waals surface area contributed by atoms with Gasteiger partial charge in [0.15, 0.2) is 0 Å². The van der Waals surface area contributed by atoms with Gasteiger partial charge in [-0.15, -0.1) is 0 Å². The molecule has 0 unspecified atom stereocenters. The van der Waals surface area contributed by atoms with Crippen LogP contribution in [-0.2, 0) is 9.59 Å². The van der Waals surface area contributed by atoms with Gasteiger partial charge in [0.25, 0.3) is 0 Å². The molecule has 0 bridgehead atoms. The summed E-state index contributed by atoms with van der Waals surface area (Å²) in [5.41, 5.74) is 2.81. The molecule has 3 nitrogen and oxygen atoms in total. The van der Waals surface area contributed by atoms with Crippen LogP contribution < -0.4 is 0 Å². The van der Waals surface area contributed by atoms with Crippen LogP contribution in [0.3, 0.4) is 0 Å². The second kappa shape index (κ2) is 8.54. The van der Waals surface area contributed by atoms with Crippen LogP contribution in [0.15, 0.2) is 84.5 Å². The number of nitrogens with zero attached hydrogens (tertiary/aromatic N) is 1. The Morgan fingerprint density at radius 1 is 0.906 bits per heavy atom. The van der Waals surface area contributed by atoms with Crippen molar-refractivity contribution in [2.24, 2.45) is 11.3 Å². The van der Waals surface area contributed by atoms with E-state index in [9.17, 15) is 9.59 Å². The topological polar surface area (TPSA) is 37.4 Å². The van der Waals surface area contributed by atoms with Crippen LogP contribution in [-0.4, -0.2) is 23.3 Å².